The first-order valence-corrected chi connectivity index (χ1v) is 11.0. The number of carbonyl (C=O) groups excluding carboxylic acids is 2. The number of amides is 2. The Labute approximate surface area is 195 Å². The van der Waals surface area contributed by atoms with E-state index in [1.54, 1.807) is 27.8 Å². The molecule has 178 valence electrons. The van der Waals surface area contributed by atoms with Gasteiger partial charge in [0.2, 0.25) is 5.91 Å². The molecule has 7 nitrogen and oxygen atoms in total. The molecule has 34 heavy (non-hydrogen) atoms. The smallest absolute Gasteiger partial charge is 0.331 e. The molecule has 4 rings (SSSR count). The number of aromatic nitrogens is 2. The Balaban J connectivity index is 1.63. The molecular formula is C24H24F3N5O2. The Morgan fingerprint density at radius 2 is 2.00 bits per heavy atom. The number of hydrogen-bond donors (Lipinski definition) is 1. The summed E-state index contributed by atoms with van der Waals surface area (Å²) < 4.78 is 41.6. The lowest BCUT2D eigenvalue weighted by Gasteiger charge is -2.31. The molecule has 1 aromatic carbocycles. The van der Waals surface area contributed by atoms with Gasteiger partial charge in [0, 0.05) is 25.7 Å². The second-order valence-corrected chi connectivity index (χ2v) is 8.79. The van der Waals surface area contributed by atoms with Gasteiger partial charge in [-0.1, -0.05) is 24.3 Å². The lowest BCUT2D eigenvalue weighted by atomic mass is 9.85. The molecule has 1 aliphatic heterocycles. The molecular weight excluding hydrogens is 447 g/mol. The Kier molecular flexibility index (Phi) is 6.21. The Hall–Kier alpha value is -3.61. The average molecular weight is 471 g/mol. The molecule has 2 aromatic rings. The van der Waals surface area contributed by atoms with Crippen LogP contribution in [0.25, 0.3) is 10.4 Å². The van der Waals surface area contributed by atoms with Crippen LogP contribution in [0.1, 0.15) is 60.9 Å². The number of alkyl halides is 3. The van der Waals surface area contributed by atoms with Crippen LogP contribution < -0.4 is 5.32 Å². The normalized spacial score (nSPS) is 20.7. The topological polar surface area (TPSA) is 71.6 Å². The van der Waals surface area contributed by atoms with Gasteiger partial charge >= 0.3 is 6.18 Å². The lowest BCUT2D eigenvalue weighted by molar-refractivity contribution is -0.176. The maximum atomic E-state index is 13.3. The third-order valence-electron chi connectivity index (χ3n) is 6.24. The van der Waals surface area contributed by atoms with Crippen molar-refractivity contribution in [1.82, 2.24) is 20.0 Å². The Bertz CT molecular complexity index is 1190. The van der Waals surface area contributed by atoms with Crippen LogP contribution in [0.3, 0.4) is 0 Å². The van der Waals surface area contributed by atoms with E-state index in [0.29, 0.717) is 35.7 Å². The van der Waals surface area contributed by atoms with E-state index in [-0.39, 0.29) is 36.9 Å². The second-order valence-electron chi connectivity index (χ2n) is 8.79. The summed E-state index contributed by atoms with van der Waals surface area (Å²) in [5, 5.41) is 7.12. The number of rotatable bonds is 4. The predicted molar refractivity (Wildman–Crippen MR) is 119 cm³/mol. The van der Waals surface area contributed by atoms with Crippen molar-refractivity contribution >= 4 is 23.1 Å². The molecule has 2 amide bonds. The van der Waals surface area contributed by atoms with Crippen LogP contribution in [0.4, 0.5) is 18.9 Å². The van der Waals surface area contributed by atoms with E-state index < -0.39 is 18.0 Å². The molecule has 2 aliphatic rings. The molecule has 0 bridgehead atoms. The molecule has 1 aromatic heterocycles. The Morgan fingerprint density at radius 1 is 1.29 bits per heavy atom. The third-order valence-corrected chi connectivity index (χ3v) is 6.24. The van der Waals surface area contributed by atoms with E-state index in [2.05, 4.69) is 15.3 Å². The van der Waals surface area contributed by atoms with Crippen LogP contribution in [0.5, 0.6) is 0 Å². The number of benzene rings is 1. The van der Waals surface area contributed by atoms with Crippen LogP contribution in [-0.2, 0) is 11.3 Å². The van der Waals surface area contributed by atoms with Crippen molar-refractivity contribution in [2.24, 2.45) is 5.92 Å². The molecule has 2 heterocycles. The van der Waals surface area contributed by atoms with Crippen molar-refractivity contribution in [3.05, 3.63) is 64.4 Å². The van der Waals surface area contributed by atoms with Crippen molar-refractivity contribution in [3.8, 4) is 0 Å². The van der Waals surface area contributed by atoms with E-state index in [4.69, 9.17) is 6.57 Å². The van der Waals surface area contributed by atoms with Crippen LogP contribution >= 0.6 is 0 Å². The first-order valence-electron chi connectivity index (χ1n) is 11.0. The highest BCUT2D eigenvalue weighted by Crippen LogP contribution is 2.42. The average Bonchev–Trinajstić information content (AvgIpc) is 3.23. The van der Waals surface area contributed by atoms with Gasteiger partial charge in [0.15, 0.2) is 5.69 Å². The van der Waals surface area contributed by atoms with Crippen molar-refractivity contribution in [1.29, 1.82) is 0 Å². The fourth-order valence-electron chi connectivity index (χ4n) is 4.55. The fraction of sp³-hybridized carbons (Fsp3) is 0.417. The third kappa shape index (κ3) is 4.69. The number of allylic oxidation sites excluding steroid dienone is 2. The molecule has 1 aliphatic carbocycles. The van der Waals surface area contributed by atoms with E-state index in [1.807, 2.05) is 19.1 Å². The van der Waals surface area contributed by atoms with Crippen molar-refractivity contribution < 1.29 is 22.8 Å². The zero-order valence-electron chi connectivity index (χ0n) is 18.8. The van der Waals surface area contributed by atoms with Crippen LogP contribution in [-0.4, -0.2) is 39.2 Å². The van der Waals surface area contributed by atoms with Crippen LogP contribution in [0, 0.1) is 12.5 Å². The van der Waals surface area contributed by atoms with Gasteiger partial charge in [-0.15, -0.1) is 0 Å². The minimum atomic E-state index is -4.35. The maximum Gasteiger partial charge on any atom is 0.392 e. The van der Waals surface area contributed by atoms with E-state index >= 15 is 0 Å². The number of nitrogens with one attached hydrogen (secondary N) is 1. The van der Waals surface area contributed by atoms with Crippen molar-refractivity contribution in [3.63, 3.8) is 0 Å². The van der Waals surface area contributed by atoms with Crippen LogP contribution in [0.2, 0.25) is 0 Å². The molecule has 1 N–H and O–H groups in total. The van der Waals surface area contributed by atoms with Gasteiger partial charge in [0.05, 0.1) is 24.2 Å². The van der Waals surface area contributed by atoms with Gasteiger partial charge in [-0.3, -0.25) is 14.3 Å². The van der Waals surface area contributed by atoms with Gasteiger partial charge in [-0.05, 0) is 43.4 Å². The minimum absolute atomic E-state index is 0.0969. The van der Waals surface area contributed by atoms with Gasteiger partial charge in [0.25, 0.3) is 5.91 Å². The first kappa shape index (κ1) is 23.5. The maximum absolute atomic E-state index is 13.3. The summed E-state index contributed by atoms with van der Waals surface area (Å²) in [6.45, 7) is 11.0. The standard InChI is InChI=1S/C24H24F3N5O2/c1-14-12-31(13-16-4-7-18(28-3)8-5-16)23(34)22-11-21(30-32(14)22)19-9-6-17(24(25,26)27)10-20(19)29-15(2)33/h4-5,7-8,11,14,17H,6,9-10,12-13H2,1-2H3,(H,29,33)/t14-,17?/m0/s1. The number of carbonyl (C=O) groups is 2. The zero-order valence-corrected chi connectivity index (χ0v) is 18.8. The molecule has 10 heteroatoms. The monoisotopic (exact) mass is 471 g/mol. The van der Waals surface area contributed by atoms with Gasteiger partial charge < -0.3 is 10.2 Å². The zero-order chi connectivity index (χ0) is 24.6. The molecule has 0 radical (unpaired) electrons. The number of nitrogens with zero attached hydrogens (tertiary/aromatic N) is 4. The summed E-state index contributed by atoms with van der Waals surface area (Å²) >= 11 is 0. The van der Waals surface area contributed by atoms with Crippen molar-refractivity contribution in [2.45, 2.75) is 51.9 Å². The highest BCUT2D eigenvalue weighted by molar-refractivity contribution is 5.94. The predicted octanol–water partition coefficient (Wildman–Crippen LogP) is 4.86. The Morgan fingerprint density at radius 3 is 2.62 bits per heavy atom. The highest BCUT2D eigenvalue weighted by atomic mass is 19.4. The highest BCUT2D eigenvalue weighted by Gasteiger charge is 2.42. The summed E-state index contributed by atoms with van der Waals surface area (Å²) in [6.07, 6.45) is -4.66. The van der Waals surface area contributed by atoms with Gasteiger partial charge in [-0.2, -0.15) is 18.3 Å². The summed E-state index contributed by atoms with van der Waals surface area (Å²) in [7, 11) is 0. The minimum Gasteiger partial charge on any atom is -0.331 e. The molecule has 2 atom stereocenters. The van der Waals surface area contributed by atoms with E-state index in [9.17, 15) is 22.8 Å². The first-order chi connectivity index (χ1) is 16.1. The van der Waals surface area contributed by atoms with E-state index in [0.717, 1.165) is 5.56 Å². The van der Waals surface area contributed by atoms with Gasteiger partial charge in [0.1, 0.15) is 5.69 Å². The van der Waals surface area contributed by atoms with Crippen LogP contribution in [0.15, 0.2) is 36.0 Å². The molecule has 0 spiro atoms. The lowest BCUT2D eigenvalue weighted by Crippen LogP contribution is -2.41. The summed E-state index contributed by atoms with van der Waals surface area (Å²) in [5.41, 5.74) is 2.95. The molecule has 1 unspecified atom stereocenters. The van der Waals surface area contributed by atoms with Crippen molar-refractivity contribution in [2.75, 3.05) is 6.54 Å². The number of halogens is 3. The van der Waals surface area contributed by atoms with Gasteiger partial charge in [-0.25, -0.2) is 4.85 Å². The summed E-state index contributed by atoms with van der Waals surface area (Å²) in [4.78, 5) is 29.9. The quantitative estimate of drug-likeness (QED) is 0.648. The molecule has 0 saturated heterocycles. The summed E-state index contributed by atoms with van der Waals surface area (Å²) in [5.74, 6) is -2.20. The fourth-order valence-corrected chi connectivity index (χ4v) is 4.55. The number of hydrogen-bond acceptors (Lipinski definition) is 3. The second kappa shape index (κ2) is 8.97. The molecule has 0 fully saturated rings. The van der Waals surface area contributed by atoms with E-state index in [1.165, 1.54) is 6.92 Å². The number of fused-ring (bicyclic) bond motifs is 1. The molecule has 0 saturated carbocycles. The largest absolute Gasteiger partial charge is 0.392 e. The SMILES string of the molecule is [C-]#[N+]c1ccc(CN2C[C@H](C)n3nc(C4=C(NC(C)=O)CC(C(F)(F)F)CC4)cc3C2=O)cc1. The summed E-state index contributed by atoms with van der Waals surface area (Å²) in [6, 6.07) is 8.50.